The molecule has 3 aromatic rings. The molecule has 1 saturated heterocycles. The van der Waals surface area contributed by atoms with Gasteiger partial charge in [-0.15, -0.1) is 0 Å². The lowest BCUT2D eigenvalue weighted by molar-refractivity contribution is -0.130. The van der Waals surface area contributed by atoms with Crippen LogP contribution in [0.15, 0.2) is 49.1 Å². The molecule has 4 rings (SSSR count). The summed E-state index contributed by atoms with van der Waals surface area (Å²) in [6.45, 7) is 6.95. The second kappa shape index (κ2) is 7.80. The third-order valence-corrected chi connectivity index (χ3v) is 5.29. The Kier molecular flexibility index (Phi) is 5.06. The number of amides is 1. The number of carbonyl (C=O) groups is 1. The van der Waals surface area contributed by atoms with Gasteiger partial charge in [-0.2, -0.15) is 0 Å². The van der Waals surface area contributed by atoms with Crippen LogP contribution in [0.3, 0.4) is 0 Å². The van der Waals surface area contributed by atoms with Crippen LogP contribution in [0.4, 0.5) is 5.82 Å². The summed E-state index contributed by atoms with van der Waals surface area (Å²) in [5.41, 5.74) is 3.12. The molecule has 1 fully saturated rings. The summed E-state index contributed by atoms with van der Waals surface area (Å²) in [5, 5.41) is 0. The molecule has 0 N–H and O–H groups in total. The van der Waals surface area contributed by atoms with E-state index in [2.05, 4.69) is 19.9 Å². The van der Waals surface area contributed by atoms with Crippen molar-refractivity contribution >= 4 is 11.7 Å². The standard InChI is InChI=1S/C21H24N6O/c1-16-17(2)27(15-24-16)20-13-19(22-14-23-20)25-8-10-26(11-9-25)21(28)12-18-6-4-3-5-7-18/h3-7,13-15H,8-12H2,1-2H3. The molecule has 2 aromatic heterocycles. The van der Waals surface area contributed by atoms with Crippen LogP contribution in [0, 0.1) is 13.8 Å². The first-order valence-corrected chi connectivity index (χ1v) is 9.51. The van der Waals surface area contributed by atoms with Gasteiger partial charge in [0, 0.05) is 37.9 Å². The van der Waals surface area contributed by atoms with Crippen LogP contribution in [0.25, 0.3) is 5.82 Å². The van der Waals surface area contributed by atoms with Gasteiger partial charge in [-0.05, 0) is 19.4 Å². The molecule has 0 bridgehead atoms. The summed E-state index contributed by atoms with van der Waals surface area (Å²) in [4.78, 5) is 29.9. The Morgan fingerprint density at radius 2 is 1.68 bits per heavy atom. The number of benzene rings is 1. The first kappa shape index (κ1) is 18.2. The molecular weight excluding hydrogens is 352 g/mol. The van der Waals surface area contributed by atoms with Gasteiger partial charge in [0.1, 0.15) is 24.3 Å². The number of aryl methyl sites for hydroxylation is 1. The highest BCUT2D eigenvalue weighted by atomic mass is 16.2. The quantitative estimate of drug-likeness (QED) is 0.698. The second-order valence-corrected chi connectivity index (χ2v) is 7.05. The fourth-order valence-electron chi connectivity index (χ4n) is 3.44. The highest BCUT2D eigenvalue weighted by molar-refractivity contribution is 5.79. The summed E-state index contributed by atoms with van der Waals surface area (Å²) in [5.74, 6) is 1.87. The highest BCUT2D eigenvalue weighted by Crippen LogP contribution is 2.18. The van der Waals surface area contributed by atoms with Gasteiger partial charge in [0.25, 0.3) is 0 Å². The molecule has 3 heterocycles. The maximum absolute atomic E-state index is 12.6. The summed E-state index contributed by atoms with van der Waals surface area (Å²) >= 11 is 0. The van der Waals surface area contributed by atoms with Gasteiger partial charge in [0.05, 0.1) is 12.1 Å². The third kappa shape index (κ3) is 3.74. The van der Waals surface area contributed by atoms with Gasteiger partial charge in [-0.3, -0.25) is 9.36 Å². The van der Waals surface area contributed by atoms with Gasteiger partial charge in [-0.1, -0.05) is 30.3 Å². The summed E-state index contributed by atoms with van der Waals surface area (Å²) in [7, 11) is 0. The summed E-state index contributed by atoms with van der Waals surface area (Å²) in [6, 6.07) is 11.9. The number of nitrogens with zero attached hydrogens (tertiary/aromatic N) is 6. The lowest BCUT2D eigenvalue weighted by atomic mass is 10.1. The van der Waals surface area contributed by atoms with Crippen molar-refractivity contribution in [1.29, 1.82) is 0 Å². The van der Waals surface area contributed by atoms with E-state index in [-0.39, 0.29) is 5.91 Å². The van der Waals surface area contributed by atoms with E-state index in [0.29, 0.717) is 19.5 Å². The first-order chi connectivity index (χ1) is 13.6. The van der Waals surface area contributed by atoms with Crippen LogP contribution in [0.1, 0.15) is 17.0 Å². The maximum Gasteiger partial charge on any atom is 0.227 e. The molecule has 0 atom stereocenters. The number of piperazine rings is 1. The highest BCUT2D eigenvalue weighted by Gasteiger charge is 2.22. The smallest absolute Gasteiger partial charge is 0.227 e. The minimum absolute atomic E-state index is 0.179. The number of hydrogen-bond donors (Lipinski definition) is 0. The maximum atomic E-state index is 12.6. The van der Waals surface area contributed by atoms with Crippen LogP contribution < -0.4 is 4.90 Å². The van der Waals surface area contributed by atoms with E-state index < -0.39 is 0 Å². The van der Waals surface area contributed by atoms with Crippen molar-refractivity contribution in [1.82, 2.24) is 24.4 Å². The van der Waals surface area contributed by atoms with Crippen molar-refractivity contribution in [2.75, 3.05) is 31.1 Å². The number of aromatic nitrogens is 4. The molecule has 1 aliphatic heterocycles. The van der Waals surface area contributed by atoms with E-state index in [1.54, 1.807) is 12.7 Å². The normalized spacial score (nSPS) is 14.4. The topological polar surface area (TPSA) is 67.2 Å². The van der Waals surface area contributed by atoms with Crippen LogP contribution in [0.5, 0.6) is 0 Å². The molecule has 7 heteroatoms. The first-order valence-electron chi connectivity index (χ1n) is 9.51. The molecule has 0 aliphatic carbocycles. The number of hydrogen-bond acceptors (Lipinski definition) is 5. The molecule has 1 aliphatic rings. The number of carbonyl (C=O) groups excluding carboxylic acids is 1. The van der Waals surface area contributed by atoms with Gasteiger partial charge in [-0.25, -0.2) is 15.0 Å². The molecule has 0 spiro atoms. The van der Waals surface area contributed by atoms with Gasteiger partial charge < -0.3 is 9.80 Å². The molecule has 0 radical (unpaired) electrons. The molecular formula is C21H24N6O. The lowest BCUT2D eigenvalue weighted by Crippen LogP contribution is -2.49. The number of rotatable bonds is 4. The number of imidazole rings is 1. The predicted molar refractivity (Wildman–Crippen MR) is 108 cm³/mol. The predicted octanol–water partition coefficient (Wildman–Crippen LogP) is 2.17. The van der Waals surface area contributed by atoms with Crippen LogP contribution in [0.2, 0.25) is 0 Å². The van der Waals surface area contributed by atoms with Crippen molar-refractivity contribution in [3.63, 3.8) is 0 Å². The Morgan fingerprint density at radius 3 is 2.36 bits per heavy atom. The van der Waals surface area contributed by atoms with Gasteiger partial charge in [0.2, 0.25) is 5.91 Å². The Balaban J connectivity index is 1.41. The van der Waals surface area contributed by atoms with E-state index in [9.17, 15) is 4.79 Å². The van der Waals surface area contributed by atoms with Gasteiger partial charge >= 0.3 is 0 Å². The van der Waals surface area contributed by atoms with E-state index in [0.717, 1.165) is 41.7 Å². The average molecular weight is 376 g/mol. The van der Waals surface area contributed by atoms with Crippen LogP contribution in [-0.2, 0) is 11.2 Å². The van der Waals surface area contributed by atoms with E-state index in [4.69, 9.17) is 0 Å². The Hall–Kier alpha value is -3.22. The Bertz CT molecular complexity index is 960. The largest absolute Gasteiger partial charge is 0.353 e. The summed E-state index contributed by atoms with van der Waals surface area (Å²) in [6.07, 6.45) is 3.83. The van der Waals surface area contributed by atoms with Gasteiger partial charge in [0.15, 0.2) is 0 Å². The zero-order valence-corrected chi connectivity index (χ0v) is 16.2. The van der Waals surface area contributed by atoms with Crippen LogP contribution in [-0.4, -0.2) is 56.5 Å². The second-order valence-electron chi connectivity index (χ2n) is 7.05. The summed E-state index contributed by atoms with van der Waals surface area (Å²) < 4.78 is 1.97. The fraction of sp³-hybridized carbons (Fsp3) is 0.333. The minimum atomic E-state index is 0.179. The van der Waals surface area contributed by atoms with Crippen molar-refractivity contribution in [2.45, 2.75) is 20.3 Å². The molecule has 1 amide bonds. The van der Waals surface area contributed by atoms with Crippen molar-refractivity contribution in [3.05, 3.63) is 66.0 Å². The Morgan fingerprint density at radius 1 is 0.964 bits per heavy atom. The van der Waals surface area contributed by atoms with Crippen LogP contribution >= 0.6 is 0 Å². The number of anilines is 1. The molecule has 1 aromatic carbocycles. The van der Waals surface area contributed by atoms with Crippen molar-refractivity contribution in [3.8, 4) is 5.82 Å². The van der Waals surface area contributed by atoms with Crippen molar-refractivity contribution < 1.29 is 4.79 Å². The van der Waals surface area contributed by atoms with E-state index >= 15 is 0 Å². The zero-order valence-electron chi connectivity index (χ0n) is 16.2. The molecule has 0 unspecified atom stereocenters. The lowest BCUT2D eigenvalue weighted by Gasteiger charge is -2.35. The fourth-order valence-corrected chi connectivity index (χ4v) is 3.44. The van der Waals surface area contributed by atoms with E-state index in [1.165, 1.54) is 0 Å². The minimum Gasteiger partial charge on any atom is -0.353 e. The Labute approximate surface area is 164 Å². The molecule has 28 heavy (non-hydrogen) atoms. The van der Waals surface area contributed by atoms with E-state index in [1.807, 2.05) is 59.7 Å². The molecule has 144 valence electrons. The zero-order chi connectivity index (χ0) is 19.5. The SMILES string of the molecule is Cc1ncn(-c2cc(N3CCN(C(=O)Cc4ccccc4)CC3)ncn2)c1C. The third-order valence-electron chi connectivity index (χ3n) is 5.29. The average Bonchev–Trinajstić information content (AvgIpc) is 3.07. The molecule has 7 nitrogen and oxygen atoms in total. The van der Waals surface area contributed by atoms with Crippen molar-refractivity contribution in [2.24, 2.45) is 0 Å². The monoisotopic (exact) mass is 376 g/mol. The molecule has 0 saturated carbocycles.